The Morgan fingerprint density at radius 1 is 1.10 bits per heavy atom. The number of fused-ring (bicyclic) bond motifs is 2. The summed E-state index contributed by atoms with van der Waals surface area (Å²) in [7, 11) is 0. The Balaban J connectivity index is 1.39. The summed E-state index contributed by atoms with van der Waals surface area (Å²) in [5.41, 5.74) is 4.05. The lowest BCUT2D eigenvalue weighted by atomic mass is 10.0. The number of hydrogen-bond acceptors (Lipinski definition) is 5. The van der Waals surface area contributed by atoms with E-state index in [0.717, 1.165) is 41.4 Å². The normalized spacial score (nSPS) is 12.9. The number of para-hydroxylation sites is 1. The molecule has 0 aliphatic heterocycles. The minimum atomic E-state index is -0.400. The van der Waals surface area contributed by atoms with E-state index in [4.69, 9.17) is 14.1 Å². The number of benzene rings is 2. The average Bonchev–Trinajstić information content (AvgIpc) is 3.40. The van der Waals surface area contributed by atoms with Crippen LogP contribution in [0.3, 0.4) is 0 Å². The van der Waals surface area contributed by atoms with Gasteiger partial charge in [0.25, 0.3) is 0 Å². The van der Waals surface area contributed by atoms with E-state index < -0.39 is 5.97 Å². The molecule has 1 aliphatic rings. The van der Waals surface area contributed by atoms with E-state index in [1.807, 2.05) is 24.3 Å². The van der Waals surface area contributed by atoms with Crippen molar-refractivity contribution in [2.24, 2.45) is 0 Å². The second-order valence-corrected chi connectivity index (χ2v) is 6.98. The molecule has 2 aromatic carbocycles. The number of esters is 1. The Labute approximate surface area is 166 Å². The summed E-state index contributed by atoms with van der Waals surface area (Å²) in [6.07, 6.45) is 4.22. The van der Waals surface area contributed by atoms with Gasteiger partial charge in [0.15, 0.2) is 12.4 Å². The Bertz CT molecular complexity index is 1210. The van der Waals surface area contributed by atoms with Crippen molar-refractivity contribution in [2.75, 3.05) is 0 Å². The first-order valence-corrected chi connectivity index (χ1v) is 9.47. The third-order valence-corrected chi connectivity index (χ3v) is 5.13. The average molecular weight is 388 g/mol. The minimum Gasteiger partial charge on any atom is -0.452 e. The molecular weight excluding hydrogens is 371 g/mol. The molecule has 0 radical (unpaired) electrons. The van der Waals surface area contributed by atoms with Crippen molar-refractivity contribution in [2.45, 2.75) is 25.9 Å². The van der Waals surface area contributed by atoms with E-state index in [1.165, 1.54) is 18.3 Å². The highest BCUT2D eigenvalue weighted by molar-refractivity contribution is 6.05. The zero-order chi connectivity index (χ0) is 19.8. The highest BCUT2D eigenvalue weighted by Gasteiger charge is 2.25. The van der Waals surface area contributed by atoms with E-state index in [0.29, 0.717) is 16.9 Å². The maximum Gasteiger partial charge on any atom is 0.339 e. The number of carbonyl (C=O) groups excluding carboxylic acids is 1. The number of aryl methyl sites for hydroxylation is 1. The van der Waals surface area contributed by atoms with Crippen LogP contribution >= 0.6 is 0 Å². The number of aromatic nitrogens is 2. The second-order valence-electron chi connectivity index (χ2n) is 6.98. The molecule has 6 heteroatoms. The quantitative estimate of drug-likeness (QED) is 0.467. The van der Waals surface area contributed by atoms with Crippen LogP contribution in [0.15, 0.2) is 59.1 Å². The summed E-state index contributed by atoms with van der Waals surface area (Å²) in [6.45, 7) is -0.0779. The van der Waals surface area contributed by atoms with Crippen molar-refractivity contribution in [1.82, 2.24) is 9.97 Å². The summed E-state index contributed by atoms with van der Waals surface area (Å²) in [6, 6.07) is 13.5. The van der Waals surface area contributed by atoms with Crippen molar-refractivity contribution in [3.63, 3.8) is 0 Å². The summed E-state index contributed by atoms with van der Waals surface area (Å²) < 4.78 is 24.3. The van der Waals surface area contributed by atoms with Crippen LogP contribution in [0.25, 0.3) is 22.2 Å². The van der Waals surface area contributed by atoms with Crippen LogP contribution < -0.4 is 0 Å². The molecule has 5 rings (SSSR count). The number of ether oxygens (including phenoxy) is 1. The highest BCUT2D eigenvalue weighted by atomic mass is 19.1. The minimum absolute atomic E-state index is 0.0779. The van der Waals surface area contributed by atoms with Crippen LogP contribution in [0.2, 0.25) is 0 Å². The molecule has 0 unspecified atom stereocenters. The van der Waals surface area contributed by atoms with Gasteiger partial charge in [-0.1, -0.05) is 18.2 Å². The lowest BCUT2D eigenvalue weighted by Crippen LogP contribution is -2.10. The van der Waals surface area contributed by atoms with Crippen LogP contribution in [0, 0.1) is 5.82 Å². The summed E-state index contributed by atoms with van der Waals surface area (Å²) in [5.74, 6) is 0.0572. The fourth-order valence-electron chi connectivity index (χ4n) is 3.77. The largest absolute Gasteiger partial charge is 0.452 e. The van der Waals surface area contributed by atoms with Crippen molar-refractivity contribution < 1.29 is 18.3 Å². The van der Waals surface area contributed by atoms with E-state index in [9.17, 15) is 9.18 Å². The number of nitrogens with zero attached hydrogens (tertiary/aromatic N) is 2. The molecule has 0 amide bonds. The maximum atomic E-state index is 13.1. The second kappa shape index (κ2) is 7.13. The van der Waals surface area contributed by atoms with Gasteiger partial charge in [-0.15, -0.1) is 0 Å². The first-order chi connectivity index (χ1) is 14.2. The summed E-state index contributed by atoms with van der Waals surface area (Å²) in [4.78, 5) is 21.8. The van der Waals surface area contributed by atoms with Gasteiger partial charge < -0.3 is 9.15 Å². The van der Waals surface area contributed by atoms with E-state index in [1.54, 1.807) is 12.1 Å². The molecule has 0 atom stereocenters. The molecule has 4 aromatic rings. The Morgan fingerprint density at radius 3 is 2.79 bits per heavy atom. The predicted molar refractivity (Wildman–Crippen MR) is 105 cm³/mol. The molecule has 0 saturated carbocycles. The van der Waals surface area contributed by atoms with Gasteiger partial charge in [-0.05, 0) is 55.2 Å². The van der Waals surface area contributed by atoms with Gasteiger partial charge in [-0.2, -0.15) is 0 Å². The van der Waals surface area contributed by atoms with Gasteiger partial charge in [0.05, 0.1) is 17.3 Å². The highest BCUT2D eigenvalue weighted by Crippen LogP contribution is 2.30. The summed E-state index contributed by atoms with van der Waals surface area (Å²) in [5, 5.41) is 0.803. The third kappa shape index (κ3) is 3.27. The van der Waals surface area contributed by atoms with Gasteiger partial charge in [0, 0.05) is 16.6 Å². The van der Waals surface area contributed by atoms with Gasteiger partial charge >= 0.3 is 5.97 Å². The topological polar surface area (TPSA) is 65.2 Å². The smallest absolute Gasteiger partial charge is 0.339 e. The SMILES string of the molecule is O=C(OCc1ncc(-c2ccc(F)cc2)o1)c1c2c(nc3ccccc13)CCC2. The van der Waals surface area contributed by atoms with E-state index in [2.05, 4.69) is 4.98 Å². The number of carbonyl (C=O) groups is 1. The lowest BCUT2D eigenvalue weighted by Gasteiger charge is -2.11. The zero-order valence-electron chi connectivity index (χ0n) is 15.5. The van der Waals surface area contributed by atoms with Crippen molar-refractivity contribution in [3.05, 3.63) is 83.3 Å². The van der Waals surface area contributed by atoms with Crippen LogP contribution in [0.1, 0.15) is 33.9 Å². The molecule has 2 heterocycles. The molecule has 0 spiro atoms. The van der Waals surface area contributed by atoms with Gasteiger partial charge in [-0.3, -0.25) is 4.98 Å². The molecule has 29 heavy (non-hydrogen) atoms. The van der Waals surface area contributed by atoms with Crippen LogP contribution in [0.4, 0.5) is 4.39 Å². The van der Waals surface area contributed by atoms with Gasteiger partial charge in [0.1, 0.15) is 5.82 Å². The summed E-state index contributed by atoms with van der Waals surface area (Å²) >= 11 is 0. The van der Waals surface area contributed by atoms with Crippen LogP contribution in [-0.4, -0.2) is 15.9 Å². The Kier molecular flexibility index (Phi) is 4.31. The van der Waals surface area contributed by atoms with Gasteiger partial charge in [-0.25, -0.2) is 14.2 Å². The molecule has 0 fully saturated rings. The fourth-order valence-corrected chi connectivity index (χ4v) is 3.77. The molecule has 0 bridgehead atoms. The first kappa shape index (κ1) is 17.6. The molecule has 0 saturated heterocycles. The molecule has 144 valence electrons. The van der Waals surface area contributed by atoms with Crippen molar-refractivity contribution >= 4 is 16.9 Å². The number of hydrogen-bond donors (Lipinski definition) is 0. The zero-order valence-corrected chi connectivity index (χ0v) is 15.5. The molecule has 2 aromatic heterocycles. The van der Waals surface area contributed by atoms with Crippen LogP contribution in [0.5, 0.6) is 0 Å². The number of pyridine rings is 1. The predicted octanol–water partition coefficient (Wildman–Crippen LogP) is 4.87. The number of oxazole rings is 1. The van der Waals surface area contributed by atoms with Crippen molar-refractivity contribution in [3.8, 4) is 11.3 Å². The van der Waals surface area contributed by atoms with Crippen LogP contribution in [-0.2, 0) is 24.2 Å². The third-order valence-electron chi connectivity index (χ3n) is 5.13. The molecular formula is C23H17FN2O3. The van der Waals surface area contributed by atoms with Gasteiger partial charge in [0.2, 0.25) is 5.89 Å². The van der Waals surface area contributed by atoms with Crippen molar-refractivity contribution in [1.29, 1.82) is 0 Å². The van der Waals surface area contributed by atoms with E-state index in [-0.39, 0.29) is 18.3 Å². The molecule has 5 nitrogen and oxygen atoms in total. The first-order valence-electron chi connectivity index (χ1n) is 9.47. The standard InChI is InChI=1S/C23H17FN2O3/c24-15-10-8-14(9-11-15)20-12-25-21(29-20)13-28-23(27)22-16-4-1-2-6-18(16)26-19-7-3-5-17(19)22/h1-2,4,6,8-12H,3,5,7,13H2. The maximum absolute atomic E-state index is 13.1. The Morgan fingerprint density at radius 2 is 1.93 bits per heavy atom. The lowest BCUT2D eigenvalue weighted by molar-refractivity contribution is 0.0440. The fraction of sp³-hybridized carbons (Fsp3) is 0.174. The number of rotatable bonds is 4. The molecule has 1 aliphatic carbocycles. The Hall–Kier alpha value is -3.54. The van der Waals surface area contributed by atoms with E-state index >= 15 is 0 Å². The molecule has 0 N–H and O–H groups in total. The number of halogens is 1. The monoisotopic (exact) mass is 388 g/mol.